The lowest BCUT2D eigenvalue weighted by atomic mass is 9.97. The van der Waals surface area contributed by atoms with E-state index in [0.717, 1.165) is 18.3 Å². The number of carbonyl (C=O) groups is 1. The average molecular weight is 340 g/mol. The first-order valence-electron chi connectivity index (χ1n) is 6.86. The van der Waals surface area contributed by atoms with Gasteiger partial charge in [-0.1, -0.05) is 6.07 Å². The molecule has 0 spiro atoms. The lowest BCUT2D eigenvalue weighted by Crippen LogP contribution is -2.39. The molecule has 0 aliphatic heterocycles. The number of hydrogen-bond donors (Lipinski definition) is 3. The van der Waals surface area contributed by atoms with Crippen LogP contribution in [0.5, 0.6) is 0 Å². The summed E-state index contributed by atoms with van der Waals surface area (Å²) < 4.78 is 43.2. The van der Waals surface area contributed by atoms with Gasteiger partial charge >= 0.3 is 6.18 Å². The molecule has 0 saturated carbocycles. The number of hydrogen-bond acceptors (Lipinski definition) is 5. The summed E-state index contributed by atoms with van der Waals surface area (Å²) >= 11 is 0. The number of nitrogens with two attached hydrogens (primary N) is 1. The van der Waals surface area contributed by atoms with Crippen molar-refractivity contribution < 1.29 is 22.7 Å². The molecule has 2 rings (SSSR count). The maximum absolute atomic E-state index is 12.7. The van der Waals surface area contributed by atoms with E-state index in [-0.39, 0.29) is 12.1 Å². The number of nitrogens with zero attached hydrogens (tertiary/aromatic N) is 1. The van der Waals surface area contributed by atoms with Crippen LogP contribution < -0.4 is 11.1 Å². The Bertz CT molecular complexity index is 726. The molecule has 1 aliphatic carbocycles. The molecule has 0 radical (unpaired) electrons. The van der Waals surface area contributed by atoms with E-state index in [1.54, 1.807) is 0 Å². The number of amides is 1. The van der Waals surface area contributed by atoms with Crippen molar-refractivity contribution in [2.45, 2.75) is 18.6 Å². The van der Waals surface area contributed by atoms with Gasteiger partial charge in [0.1, 0.15) is 17.1 Å². The van der Waals surface area contributed by atoms with Gasteiger partial charge in [0, 0.05) is 24.4 Å². The van der Waals surface area contributed by atoms with Gasteiger partial charge in [-0.3, -0.25) is 4.79 Å². The smallest absolute Gasteiger partial charge is 0.433 e. The van der Waals surface area contributed by atoms with E-state index in [0.29, 0.717) is 17.0 Å². The highest BCUT2D eigenvalue weighted by Crippen LogP contribution is 2.27. The molecule has 6 nitrogen and oxygen atoms in total. The van der Waals surface area contributed by atoms with E-state index in [1.807, 2.05) is 0 Å². The van der Waals surface area contributed by atoms with Gasteiger partial charge in [0.25, 0.3) is 5.91 Å². The summed E-state index contributed by atoms with van der Waals surface area (Å²) in [4.78, 5) is 15.5. The van der Waals surface area contributed by atoms with E-state index in [1.165, 1.54) is 19.3 Å². The Kier molecular flexibility index (Phi) is 4.91. The van der Waals surface area contributed by atoms with Crippen molar-refractivity contribution in [2.24, 2.45) is 5.73 Å². The first kappa shape index (κ1) is 17.5. The van der Waals surface area contributed by atoms with Crippen molar-refractivity contribution in [1.82, 2.24) is 10.3 Å². The van der Waals surface area contributed by atoms with Gasteiger partial charge in [-0.05, 0) is 17.7 Å². The van der Waals surface area contributed by atoms with Crippen LogP contribution in [0.1, 0.15) is 22.6 Å². The number of allylic oxidation sites excluding steroid dienone is 1. The molecule has 0 saturated heterocycles. The van der Waals surface area contributed by atoms with Gasteiger partial charge in [0.2, 0.25) is 0 Å². The number of rotatable bonds is 4. The second-order valence-corrected chi connectivity index (χ2v) is 5.01. The Morgan fingerprint density at radius 3 is 2.79 bits per heavy atom. The monoisotopic (exact) mass is 340 g/mol. The summed E-state index contributed by atoms with van der Waals surface area (Å²) in [5, 5.41) is 9.85. The SMILES string of the molecule is COC1=CC(N)=C(C=N)CC1NC(=O)c1cccc(C(F)(F)F)n1. The number of methoxy groups -OCH3 is 1. The molecule has 1 aromatic heterocycles. The van der Waals surface area contributed by atoms with Crippen molar-refractivity contribution in [2.75, 3.05) is 7.11 Å². The fraction of sp³-hybridized carbons (Fsp3) is 0.267. The van der Waals surface area contributed by atoms with Crippen molar-refractivity contribution in [1.29, 1.82) is 5.41 Å². The molecule has 1 aromatic rings. The van der Waals surface area contributed by atoms with Crippen LogP contribution in [0.2, 0.25) is 0 Å². The van der Waals surface area contributed by atoms with Crippen molar-refractivity contribution >= 4 is 12.1 Å². The predicted octanol–water partition coefficient (Wildman–Crippen LogP) is 2.00. The largest absolute Gasteiger partial charge is 0.499 e. The summed E-state index contributed by atoms with van der Waals surface area (Å²) in [6.07, 6.45) is -1.92. The minimum Gasteiger partial charge on any atom is -0.499 e. The van der Waals surface area contributed by atoms with E-state index < -0.39 is 23.8 Å². The summed E-state index contributed by atoms with van der Waals surface area (Å²) in [5.74, 6) is -0.433. The second-order valence-electron chi connectivity index (χ2n) is 5.01. The number of nitrogens with one attached hydrogen (secondary N) is 2. The molecule has 24 heavy (non-hydrogen) atoms. The van der Waals surface area contributed by atoms with E-state index in [4.69, 9.17) is 15.9 Å². The normalized spacial score (nSPS) is 18.0. The van der Waals surface area contributed by atoms with Gasteiger partial charge in [-0.25, -0.2) is 4.98 Å². The van der Waals surface area contributed by atoms with Crippen LogP contribution in [-0.4, -0.2) is 30.3 Å². The van der Waals surface area contributed by atoms with Crippen LogP contribution in [0.3, 0.4) is 0 Å². The Hall–Kier alpha value is -2.84. The van der Waals surface area contributed by atoms with Crippen molar-refractivity contribution in [3.8, 4) is 0 Å². The highest BCUT2D eigenvalue weighted by molar-refractivity contribution is 5.93. The third kappa shape index (κ3) is 3.73. The quantitative estimate of drug-likeness (QED) is 0.730. The first-order chi connectivity index (χ1) is 11.3. The number of alkyl halides is 3. The molecule has 1 aliphatic rings. The van der Waals surface area contributed by atoms with Crippen molar-refractivity contribution in [3.63, 3.8) is 0 Å². The first-order valence-corrected chi connectivity index (χ1v) is 6.86. The molecular formula is C15H15F3N4O2. The van der Waals surface area contributed by atoms with E-state index >= 15 is 0 Å². The third-order valence-corrected chi connectivity index (χ3v) is 3.42. The van der Waals surface area contributed by atoms with Crippen LogP contribution in [0.15, 0.2) is 41.3 Å². The Balaban J connectivity index is 2.21. The molecule has 1 heterocycles. The maximum Gasteiger partial charge on any atom is 0.433 e. The van der Waals surface area contributed by atoms with Crippen LogP contribution in [-0.2, 0) is 10.9 Å². The third-order valence-electron chi connectivity index (χ3n) is 3.42. The zero-order valence-corrected chi connectivity index (χ0v) is 12.6. The number of pyridine rings is 1. The van der Waals surface area contributed by atoms with E-state index in [9.17, 15) is 18.0 Å². The topological polar surface area (TPSA) is 101 Å². The van der Waals surface area contributed by atoms with Gasteiger partial charge in [-0.15, -0.1) is 0 Å². The summed E-state index contributed by atoms with van der Waals surface area (Å²) in [5.41, 5.74) is 5.06. The zero-order chi connectivity index (χ0) is 17.9. The molecule has 1 atom stereocenters. The fourth-order valence-corrected chi connectivity index (χ4v) is 2.20. The van der Waals surface area contributed by atoms with Gasteiger partial charge < -0.3 is 21.2 Å². The van der Waals surface area contributed by atoms with Crippen molar-refractivity contribution in [3.05, 3.63) is 52.7 Å². The minimum absolute atomic E-state index is 0.194. The minimum atomic E-state index is -4.64. The zero-order valence-electron chi connectivity index (χ0n) is 12.6. The number of aromatic nitrogens is 1. The maximum atomic E-state index is 12.7. The molecule has 1 unspecified atom stereocenters. The van der Waals surface area contributed by atoms with Crippen LogP contribution >= 0.6 is 0 Å². The molecule has 0 aromatic carbocycles. The molecule has 128 valence electrons. The fourth-order valence-electron chi connectivity index (χ4n) is 2.20. The van der Waals surface area contributed by atoms with Gasteiger partial charge in [0.05, 0.1) is 13.2 Å². The molecule has 9 heteroatoms. The standard InChI is InChI=1S/C15H15F3N4O2/c1-24-12-6-9(20)8(7-19)5-11(12)22-14(23)10-3-2-4-13(21-10)15(16,17)18/h2-4,6-7,11,19H,5,20H2,1H3,(H,22,23). The average Bonchev–Trinajstić information content (AvgIpc) is 2.55. The highest BCUT2D eigenvalue weighted by atomic mass is 19.4. The van der Waals surface area contributed by atoms with Crippen LogP contribution in [0.25, 0.3) is 0 Å². The van der Waals surface area contributed by atoms with Gasteiger partial charge in [-0.2, -0.15) is 13.2 Å². The second kappa shape index (κ2) is 6.73. The lowest BCUT2D eigenvalue weighted by Gasteiger charge is -2.25. The summed E-state index contributed by atoms with van der Waals surface area (Å²) in [6.45, 7) is 0. The van der Waals surface area contributed by atoms with Crippen LogP contribution in [0, 0.1) is 5.41 Å². The van der Waals surface area contributed by atoms with Gasteiger partial charge in [0.15, 0.2) is 0 Å². The molecule has 4 N–H and O–H groups in total. The Morgan fingerprint density at radius 1 is 1.50 bits per heavy atom. The lowest BCUT2D eigenvalue weighted by molar-refractivity contribution is -0.141. The Morgan fingerprint density at radius 2 is 2.21 bits per heavy atom. The summed E-state index contributed by atoms with van der Waals surface area (Å²) in [6, 6.07) is 2.43. The Labute approximate surface area is 135 Å². The molecule has 0 bridgehead atoms. The highest BCUT2D eigenvalue weighted by Gasteiger charge is 2.33. The number of ether oxygens (including phenoxy) is 1. The molecule has 0 fully saturated rings. The predicted molar refractivity (Wildman–Crippen MR) is 80.2 cm³/mol. The number of carbonyl (C=O) groups excluding carboxylic acids is 1. The van der Waals surface area contributed by atoms with Crippen LogP contribution in [0.4, 0.5) is 13.2 Å². The molecule has 1 amide bonds. The summed E-state index contributed by atoms with van der Waals surface area (Å²) in [7, 11) is 1.39. The molecular weight excluding hydrogens is 325 g/mol. The number of halogens is 3. The van der Waals surface area contributed by atoms with E-state index in [2.05, 4.69) is 10.3 Å².